The molecule has 0 aliphatic rings. The number of nitrogen functional groups attached to an aromatic ring is 1. The van der Waals surface area contributed by atoms with Crippen LogP contribution in [0.4, 0.5) is 19.0 Å². The van der Waals surface area contributed by atoms with Gasteiger partial charge in [0, 0.05) is 19.2 Å². The fourth-order valence-electron chi connectivity index (χ4n) is 1.32. The number of hydrogen-bond donors (Lipinski definition) is 2. The molecule has 0 amide bonds. The van der Waals surface area contributed by atoms with Crippen molar-refractivity contribution in [3.63, 3.8) is 0 Å². The summed E-state index contributed by atoms with van der Waals surface area (Å²) in [6.07, 6.45) is -4.21. The average Bonchev–Trinajstić information content (AvgIpc) is 2.30. The maximum Gasteiger partial charge on any atom is 0.389 e. The van der Waals surface area contributed by atoms with Crippen LogP contribution in [0.5, 0.6) is 0 Å². The van der Waals surface area contributed by atoms with Crippen molar-refractivity contribution >= 4 is 27.4 Å². The van der Waals surface area contributed by atoms with E-state index in [-0.39, 0.29) is 35.1 Å². The van der Waals surface area contributed by atoms with Gasteiger partial charge < -0.3 is 5.73 Å². The Kier molecular flexibility index (Phi) is 5.60. The van der Waals surface area contributed by atoms with Gasteiger partial charge in [0.05, 0.1) is 5.02 Å². The summed E-state index contributed by atoms with van der Waals surface area (Å²) in [5.74, 6) is -0.00389. The molecule has 1 heterocycles. The lowest BCUT2D eigenvalue weighted by molar-refractivity contribution is -0.135. The molecule has 0 bridgehead atoms. The maximum absolute atomic E-state index is 11.9. The molecule has 0 saturated heterocycles. The van der Waals surface area contributed by atoms with E-state index < -0.39 is 22.6 Å². The zero-order chi connectivity index (χ0) is 15.4. The Morgan fingerprint density at radius 2 is 2.00 bits per heavy atom. The number of unbranched alkanes of at least 4 members (excludes halogenated alkanes) is 1. The normalized spacial score (nSPS) is 12.6. The van der Waals surface area contributed by atoms with Crippen LogP contribution in [0.1, 0.15) is 19.3 Å². The molecule has 1 aromatic heterocycles. The van der Waals surface area contributed by atoms with Gasteiger partial charge in [0.25, 0.3) is 0 Å². The number of nitrogens with one attached hydrogen (secondary N) is 1. The van der Waals surface area contributed by atoms with Crippen molar-refractivity contribution in [1.82, 2.24) is 9.71 Å². The highest BCUT2D eigenvalue weighted by Crippen LogP contribution is 2.22. The van der Waals surface area contributed by atoms with Crippen LogP contribution < -0.4 is 10.5 Å². The fourth-order valence-corrected chi connectivity index (χ4v) is 2.59. The van der Waals surface area contributed by atoms with Crippen LogP contribution in [-0.2, 0) is 10.0 Å². The number of pyridine rings is 1. The fraction of sp³-hybridized carbons (Fsp3) is 0.500. The lowest BCUT2D eigenvalue weighted by Crippen LogP contribution is -2.25. The highest BCUT2D eigenvalue weighted by Gasteiger charge is 2.26. The lowest BCUT2D eigenvalue weighted by Gasteiger charge is -2.08. The second-order valence-corrected chi connectivity index (χ2v) is 6.18. The number of nitrogens with two attached hydrogens (primary N) is 1. The largest absolute Gasteiger partial charge is 0.389 e. The molecule has 0 aliphatic heterocycles. The highest BCUT2D eigenvalue weighted by molar-refractivity contribution is 7.89. The van der Waals surface area contributed by atoms with Gasteiger partial charge in [0.2, 0.25) is 10.0 Å². The minimum atomic E-state index is -4.23. The van der Waals surface area contributed by atoms with E-state index in [0.717, 1.165) is 12.3 Å². The third-order valence-corrected chi connectivity index (χ3v) is 4.06. The van der Waals surface area contributed by atoms with Gasteiger partial charge in [-0.05, 0) is 18.9 Å². The van der Waals surface area contributed by atoms with Crippen molar-refractivity contribution in [3.8, 4) is 0 Å². The van der Waals surface area contributed by atoms with Crippen LogP contribution in [-0.4, -0.2) is 26.1 Å². The average molecular weight is 332 g/mol. The SMILES string of the molecule is Nc1ncc(S(=O)(=O)NCCCCC(F)(F)F)cc1Cl. The molecule has 0 aliphatic carbocycles. The zero-order valence-electron chi connectivity index (χ0n) is 10.2. The Hall–Kier alpha value is -1.06. The quantitative estimate of drug-likeness (QED) is 0.783. The Labute approximate surface area is 119 Å². The van der Waals surface area contributed by atoms with E-state index in [1.165, 1.54) is 0 Å². The number of alkyl halides is 3. The van der Waals surface area contributed by atoms with Gasteiger partial charge in [0.15, 0.2) is 0 Å². The third-order valence-electron chi connectivity index (χ3n) is 2.33. The van der Waals surface area contributed by atoms with Crippen LogP contribution in [0.15, 0.2) is 17.2 Å². The molecule has 0 fully saturated rings. The first kappa shape index (κ1) is 17.0. The topological polar surface area (TPSA) is 85.1 Å². The van der Waals surface area contributed by atoms with E-state index in [9.17, 15) is 21.6 Å². The molecular formula is C10H13ClF3N3O2S. The van der Waals surface area contributed by atoms with Gasteiger partial charge in [-0.1, -0.05) is 11.6 Å². The monoisotopic (exact) mass is 331 g/mol. The zero-order valence-corrected chi connectivity index (χ0v) is 11.8. The number of rotatable bonds is 6. The molecule has 0 aromatic carbocycles. The standard InChI is InChI=1S/C10H13ClF3N3O2S/c11-8-5-7(6-16-9(8)15)20(18,19)17-4-2-1-3-10(12,13)14/h5-6,17H,1-4H2,(H2,15,16). The summed E-state index contributed by atoms with van der Waals surface area (Å²) in [5, 5.41) is -0.00931. The van der Waals surface area contributed by atoms with Crippen LogP contribution in [0, 0.1) is 0 Å². The van der Waals surface area contributed by atoms with Gasteiger partial charge in [0.1, 0.15) is 10.7 Å². The Balaban J connectivity index is 2.52. The first-order valence-electron chi connectivity index (χ1n) is 5.59. The molecule has 114 valence electrons. The van der Waals surface area contributed by atoms with Crippen LogP contribution in [0.25, 0.3) is 0 Å². The third kappa shape index (κ3) is 5.51. The smallest absolute Gasteiger partial charge is 0.382 e. The van der Waals surface area contributed by atoms with Crippen LogP contribution in [0.3, 0.4) is 0 Å². The molecule has 0 spiro atoms. The van der Waals surface area contributed by atoms with Crippen LogP contribution >= 0.6 is 11.6 Å². The Bertz CT molecular complexity index is 563. The van der Waals surface area contributed by atoms with Crippen molar-refractivity contribution in [2.75, 3.05) is 12.3 Å². The summed E-state index contributed by atoms with van der Waals surface area (Å²) in [6.45, 7) is -0.0968. The molecule has 5 nitrogen and oxygen atoms in total. The van der Waals surface area contributed by atoms with E-state index in [4.69, 9.17) is 17.3 Å². The summed E-state index contributed by atoms with van der Waals surface area (Å²) < 4.78 is 61.4. The van der Waals surface area contributed by atoms with E-state index in [1.54, 1.807) is 0 Å². The first-order valence-corrected chi connectivity index (χ1v) is 7.45. The molecule has 3 N–H and O–H groups in total. The van der Waals surface area contributed by atoms with Crippen LogP contribution in [0.2, 0.25) is 5.02 Å². The van der Waals surface area contributed by atoms with Gasteiger partial charge >= 0.3 is 6.18 Å². The minimum absolute atomic E-state index is 0.00389. The number of anilines is 1. The van der Waals surface area contributed by atoms with Crippen molar-refractivity contribution in [1.29, 1.82) is 0 Å². The molecule has 0 unspecified atom stereocenters. The lowest BCUT2D eigenvalue weighted by atomic mass is 10.2. The second kappa shape index (κ2) is 6.59. The Morgan fingerprint density at radius 3 is 2.55 bits per heavy atom. The molecule has 0 radical (unpaired) electrons. The number of hydrogen-bond acceptors (Lipinski definition) is 4. The molecule has 10 heteroatoms. The summed E-state index contributed by atoms with van der Waals surface area (Å²) >= 11 is 5.65. The molecule has 1 aromatic rings. The van der Waals surface area contributed by atoms with Gasteiger partial charge in [-0.3, -0.25) is 0 Å². The van der Waals surface area contributed by atoms with Crippen molar-refractivity contribution < 1.29 is 21.6 Å². The number of halogens is 4. The Morgan fingerprint density at radius 1 is 1.35 bits per heavy atom. The van der Waals surface area contributed by atoms with Crippen molar-refractivity contribution in [2.24, 2.45) is 0 Å². The number of nitrogens with zero attached hydrogens (tertiary/aromatic N) is 1. The van der Waals surface area contributed by atoms with Crippen molar-refractivity contribution in [3.05, 3.63) is 17.3 Å². The molecule has 0 saturated carbocycles. The van der Waals surface area contributed by atoms with E-state index in [1.807, 2.05) is 0 Å². The predicted octanol–water partition coefficient (Wildman–Crippen LogP) is 2.33. The maximum atomic E-state index is 11.9. The summed E-state index contributed by atoms with van der Waals surface area (Å²) in [4.78, 5) is 3.41. The van der Waals surface area contributed by atoms with E-state index >= 15 is 0 Å². The summed E-state index contributed by atoms with van der Waals surface area (Å²) in [7, 11) is -3.85. The summed E-state index contributed by atoms with van der Waals surface area (Å²) in [6, 6.07) is 1.13. The number of aromatic nitrogens is 1. The molecule has 1 rings (SSSR count). The van der Waals surface area contributed by atoms with E-state index in [0.29, 0.717) is 0 Å². The summed E-state index contributed by atoms with van der Waals surface area (Å²) in [5.41, 5.74) is 5.35. The van der Waals surface area contributed by atoms with Gasteiger partial charge in [-0.25, -0.2) is 18.1 Å². The molecular weight excluding hydrogens is 319 g/mol. The van der Waals surface area contributed by atoms with Gasteiger partial charge in [-0.2, -0.15) is 13.2 Å². The second-order valence-electron chi connectivity index (χ2n) is 4.01. The predicted molar refractivity (Wildman–Crippen MR) is 68.8 cm³/mol. The van der Waals surface area contributed by atoms with Gasteiger partial charge in [-0.15, -0.1) is 0 Å². The molecule has 20 heavy (non-hydrogen) atoms. The number of sulfonamides is 1. The van der Waals surface area contributed by atoms with Crippen molar-refractivity contribution in [2.45, 2.75) is 30.3 Å². The highest BCUT2D eigenvalue weighted by atomic mass is 35.5. The first-order chi connectivity index (χ1) is 9.12. The molecule has 0 atom stereocenters. The van der Waals surface area contributed by atoms with E-state index in [2.05, 4.69) is 9.71 Å². The minimum Gasteiger partial charge on any atom is -0.382 e.